The van der Waals surface area contributed by atoms with E-state index in [1.165, 1.54) is 6.07 Å². The van der Waals surface area contributed by atoms with Crippen molar-refractivity contribution in [2.75, 3.05) is 38.2 Å². The maximum Gasteiger partial charge on any atom is 0.433 e. The van der Waals surface area contributed by atoms with Crippen molar-refractivity contribution >= 4 is 11.7 Å². The summed E-state index contributed by atoms with van der Waals surface area (Å²) in [6.45, 7) is 7.32. The molecule has 1 aromatic heterocycles. The second-order valence-electron chi connectivity index (χ2n) is 6.15. The van der Waals surface area contributed by atoms with Gasteiger partial charge in [0.25, 0.3) is 0 Å². The van der Waals surface area contributed by atoms with Crippen molar-refractivity contribution < 1.29 is 22.7 Å². The van der Waals surface area contributed by atoms with E-state index in [2.05, 4.69) is 20.5 Å². The minimum atomic E-state index is -4.50. The number of ether oxygens (including phenoxy) is 1. The minimum Gasteiger partial charge on any atom is -0.379 e. The van der Waals surface area contributed by atoms with Crippen LogP contribution < -0.4 is 10.6 Å². The van der Waals surface area contributed by atoms with Gasteiger partial charge in [-0.25, -0.2) is 9.78 Å². The molecule has 1 aliphatic heterocycles. The summed E-state index contributed by atoms with van der Waals surface area (Å²) in [5, 5.41) is 5.20. The zero-order valence-electron chi connectivity index (χ0n) is 13.6. The van der Waals surface area contributed by atoms with Crippen LogP contribution in [-0.2, 0) is 10.9 Å². The van der Waals surface area contributed by atoms with E-state index in [1.807, 2.05) is 13.8 Å². The number of nitrogens with zero attached hydrogens (tertiary/aromatic N) is 2. The van der Waals surface area contributed by atoms with Gasteiger partial charge in [-0.1, -0.05) is 0 Å². The largest absolute Gasteiger partial charge is 0.433 e. The van der Waals surface area contributed by atoms with Crippen molar-refractivity contribution in [2.45, 2.75) is 25.6 Å². The van der Waals surface area contributed by atoms with Gasteiger partial charge in [-0.2, -0.15) is 13.2 Å². The van der Waals surface area contributed by atoms with Crippen molar-refractivity contribution in [1.29, 1.82) is 0 Å². The Kier molecular flexibility index (Phi) is 5.66. The summed E-state index contributed by atoms with van der Waals surface area (Å²) < 4.78 is 42.6. The average Bonchev–Trinajstić information content (AvgIpc) is 2.54. The molecule has 1 saturated heterocycles. The molecule has 0 spiro atoms. The van der Waals surface area contributed by atoms with Crippen LogP contribution in [0.3, 0.4) is 0 Å². The van der Waals surface area contributed by atoms with Gasteiger partial charge < -0.3 is 15.4 Å². The van der Waals surface area contributed by atoms with E-state index in [-0.39, 0.29) is 11.2 Å². The molecule has 0 bridgehead atoms. The number of carbonyl (C=O) groups is 1. The normalized spacial score (nSPS) is 16.7. The third-order valence-corrected chi connectivity index (χ3v) is 3.86. The molecule has 9 heteroatoms. The van der Waals surface area contributed by atoms with Crippen LogP contribution in [0.4, 0.5) is 23.7 Å². The number of pyridine rings is 1. The highest BCUT2D eigenvalue weighted by Crippen LogP contribution is 2.27. The molecule has 2 amide bonds. The van der Waals surface area contributed by atoms with Crippen LogP contribution in [0.15, 0.2) is 18.3 Å². The van der Waals surface area contributed by atoms with E-state index in [0.29, 0.717) is 19.8 Å². The number of amides is 2. The van der Waals surface area contributed by atoms with Gasteiger partial charge in [0.15, 0.2) is 0 Å². The zero-order valence-corrected chi connectivity index (χ0v) is 13.6. The van der Waals surface area contributed by atoms with E-state index in [1.54, 1.807) is 0 Å². The molecule has 0 atom stereocenters. The standard InChI is InChI=1S/C15H21F3N4O2/c1-14(2,22-5-7-24-8-6-22)10-20-13(23)21-11-3-4-12(19-9-11)15(16,17)18/h3-4,9H,5-8,10H2,1-2H3,(H2,20,21,23). The van der Waals surface area contributed by atoms with E-state index in [4.69, 9.17) is 4.74 Å². The molecular formula is C15H21F3N4O2. The van der Waals surface area contributed by atoms with Crippen molar-refractivity contribution in [3.63, 3.8) is 0 Å². The third kappa shape index (κ3) is 5.07. The second-order valence-corrected chi connectivity index (χ2v) is 6.15. The maximum atomic E-state index is 12.4. The van der Waals surface area contributed by atoms with Gasteiger partial charge in [-0.15, -0.1) is 0 Å². The molecule has 0 aliphatic carbocycles. The van der Waals surface area contributed by atoms with Gasteiger partial charge in [0.1, 0.15) is 5.69 Å². The van der Waals surface area contributed by atoms with E-state index in [0.717, 1.165) is 25.4 Å². The smallest absolute Gasteiger partial charge is 0.379 e. The Balaban J connectivity index is 1.84. The monoisotopic (exact) mass is 346 g/mol. The van der Waals surface area contributed by atoms with Crippen LogP contribution in [0.1, 0.15) is 19.5 Å². The summed E-state index contributed by atoms with van der Waals surface area (Å²) in [6.07, 6.45) is -3.52. The molecule has 2 heterocycles. The lowest BCUT2D eigenvalue weighted by atomic mass is 10.0. The third-order valence-electron chi connectivity index (χ3n) is 3.86. The number of aromatic nitrogens is 1. The maximum absolute atomic E-state index is 12.4. The molecule has 0 saturated carbocycles. The molecule has 134 valence electrons. The predicted molar refractivity (Wildman–Crippen MR) is 82.7 cm³/mol. The molecule has 2 N–H and O–H groups in total. The molecule has 6 nitrogen and oxygen atoms in total. The van der Waals surface area contributed by atoms with Gasteiger partial charge in [0.2, 0.25) is 0 Å². The summed E-state index contributed by atoms with van der Waals surface area (Å²) in [6, 6.07) is 1.51. The molecule has 1 aliphatic rings. The number of urea groups is 1. The molecule has 1 fully saturated rings. The first-order chi connectivity index (χ1) is 11.2. The number of rotatable bonds is 4. The first kappa shape index (κ1) is 18.5. The van der Waals surface area contributed by atoms with Gasteiger partial charge >= 0.3 is 12.2 Å². The van der Waals surface area contributed by atoms with Gasteiger partial charge in [0.05, 0.1) is 25.1 Å². The Bertz CT molecular complexity index is 555. The summed E-state index contributed by atoms with van der Waals surface area (Å²) in [5.41, 5.74) is -1.05. The number of anilines is 1. The second kappa shape index (κ2) is 7.35. The topological polar surface area (TPSA) is 66.5 Å². The molecule has 0 unspecified atom stereocenters. The van der Waals surface area contributed by atoms with Crippen LogP contribution in [0.2, 0.25) is 0 Å². The van der Waals surface area contributed by atoms with Crippen LogP contribution >= 0.6 is 0 Å². The van der Waals surface area contributed by atoms with E-state index in [9.17, 15) is 18.0 Å². The van der Waals surface area contributed by atoms with Crippen LogP contribution in [0.25, 0.3) is 0 Å². The van der Waals surface area contributed by atoms with Crippen molar-refractivity contribution in [3.05, 3.63) is 24.0 Å². The van der Waals surface area contributed by atoms with Crippen LogP contribution in [-0.4, -0.2) is 54.3 Å². The summed E-state index contributed by atoms with van der Waals surface area (Å²) in [4.78, 5) is 17.4. The van der Waals surface area contributed by atoms with E-state index < -0.39 is 17.9 Å². The highest BCUT2D eigenvalue weighted by Gasteiger charge is 2.32. The molecule has 0 aromatic carbocycles. The minimum absolute atomic E-state index is 0.199. The van der Waals surface area contributed by atoms with Crippen LogP contribution in [0.5, 0.6) is 0 Å². The van der Waals surface area contributed by atoms with E-state index >= 15 is 0 Å². The Morgan fingerprint density at radius 3 is 2.50 bits per heavy atom. The molecule has 2 rings (SSSR count). The molecule has 1 aromatic rings. The fourth-order valence-corrected chi connectivity index (χ4v) is 2.39. The Labute approximate surface area is 138 Å². The number of halogens is 3. The fourth-order valence-electron chi connectivity index (χ4n) is 2.39. The molecule has 24 heavy (non-hydrogen) atoms. The number of alkyl halides is 3. The number of hydrogen-bond donors (Lipinski definition) is 2. The number of carbonyl (C=O) groups excluding carboxylic acids is 1. The van der Waals surface area contributed by atoms with Crippen molar-refractivity contribution in [2.24, 2.45) is 0 Å². The molecular weight excluding hydrogens is 325 g/mol. The molecule has 0 radical (unpaired) electrons. The highest BCUT2D eigenvalue weighted by molar-refractivity contribution is 5.89. The van der Waals surface area contributed by atoms with Gasteiger partial charge in [-0.3, -0.25) is 4.90 Å². The summed E-state index contributed by atoms with van der Waals surface area (Å²) in [7, 11) is 0. The Morgan fingerprint density at radius 2 is 1.96 bits per heavy atom. The summed E-state index contributed by atoms with van der Waals surface area (Å²) in [5.74, 6) is 0. The number of hydrogen-bond acceptors (Lipinski definition) is 4. The quantitative estimate of drug-likeness (QED) is 0.878. The lowest BCUT2D eigenvalue weighted by molar-refractivity contribution is -0.141. The van der Waals surface area contributed by atoms with Crippen molar-refractivity contribution in [1.82, 2.24) is 15.2 Å². The Hall–Kier alpha value is -1.87. The average molecular weight is 346 g/mol. The Morgan fingerprint density at radius 1 is 1.29 bits per heavy atom. The SMILES string of the molecule is CC(C)(CNC(=O)Nc1ccc(C(F)(F)F)nc1)N1CCOCC1. The zero-order chi connectivity index (χ0) is 17.8. The number of morpholine rings is 1. The lowest BCUT2D eigenvalue weighted by Gasteiger charge is -2.40. The fraction of sp³-hybridized carbons (Fsp3) is 0.600. The van der Waals surface area contributed by atoms with Crippen molar-refractivity contribution in [3.8, 4) is 0 Å². The van der Waals surface area contributed by atoms with Gasteiger partial charge in [0, 0.05) is 25.2 Å². The number of nitrogens with one attached hydrogen (secondary N) is 2. The van der Waals surface area contributed by atoms with Gasteiger partial charge in [-0.05, 0) is 26.0 Å². The highest BCUT2D eigenvalue weighted by atomic mass is 19.4. The first-order valence-corrected chi connectivity index (χ1v) is 7.59. The summed E-state index contributed by atoms with van der Waals surface area (Å²) >= 11 is 0. The lowest BCUT2D eigenvalue weighted by Crippen LogP contribution is -2.55. The van der Waals surface area contributed by atoms with Crippen LogP contribution in [0, 0.1) is 0 Å². The predicted octanol–water partition coefficient (Wildman–Crippen LogP) is 2.33. The first-order valence-electron chi connectivity index (χ1n) is 7.59.